The van der Waals surface area contributed by atoms with E-state index in [-0.39, 0.29) is 0 Å². The molecule has 0 spiro atoms. The van der Waals surface area contributed by atoms with Crippen LogP contribution in [0.15, 0.2) is 18.3 Å². The van der Waals surface area contributed by atoms with Crippen molar-refractivity contribution in [2.24, 2.45) is 0 Å². The summed E-state index contributed by atoms with van der Waals surface area (Å²) in [6.45, 7) is 5.61. The first-order valence-electron chi connectivity index (χ1n) is 5.18. The molecule has 0 amide bonds. The quantitative estimate of drug-likeness (QED) is 0.753. The Morgan fingerprint density at radius 1 is 1.47 bits per heavy atom. The van der Waals surface area contributed by atoms with Gasteiger partial charge in [0, 0.05) is 29.8 Å². The van der Waals surface area contributed by atoms with Crippen LogP contribution in [0.4, 0.5) is 5.82 Å². The van der Waals surface area contributed by atoms with Gasteiger partial charge in [0.25, 0.3) is 0 Å². The van der Waals surface area contributed by atoms with E-state index in [4.69, 9.17) is 11.6 Å². The van der Waals surface area contributed by atoms with E-state index < -0.39 is 0 Å². The molecule has 2 atom stereocenters. The Morgan fingerprint density at radius 2 is 2.27 bits per heavy atom. The van der Waals surface area contributed by atoms with Gasteiger partial charge in [0.15, 0.2) is 0 Å². The van der Waals surface area contributed by atoms with Crippen LogP contribution in [0.2, 0.25) is 5.02 Å². The Balaban J connectivity index is 2.18. The van der Waals surface area contributed by atoms with Gasteiger partial charge in [-0.3, -0.25) is 0 Å². The molecule has 1 fully saturated rings. The third-order valence-electron chi connectivity index (χ3n) is 2.89. The number of pyridine rings is 1. The van der Waals surface area contributed by atoms with E-state index in [0.29, 0.717) is 16.3 Å². The van der Waals surface area contributed by atoms with Crippen LogP contribution in [0, 0.1) is 0 Å². The van der Waals surface area contributed by atoms with Crippen LogP contribution in [0.3, 0.4) is 0 Å². The van der Waals surface area contributed by atoms with Crippen LogP contribution in [0.25, 0.3) is 0 Å². The van der Waals surface area contributed by atoms with Crippen molar-refractivity contribution in [2.45, 2.75) is 25.1 Å². The maximum atomic E-state index is 5.83. The zero-order chi connectivity index (χ0) is 10.8. The summed E-state index contributed by atoms with van der Waals surface area (Å²) in [5, 5.41) is 1.36. The highest BCUT2D eigenvalue weighted by Crippen LogP contribution is 2.28. The van der Waals surface area contributed by atoms with Gasteiger partial charge in [0.05, 0.1) is 5.02 Å². The highest BCUT2D eigenvalue weighted by molar-refractivity contribution is 8.00. The van der Waals surface area contributed by atoms with E-state index in [1.165, 1.54) is 5.75 Å². The summed E-state index contributed by atoms with van der Waals surface area (Å²) in [7, 11) is 0. The number of halogens is 1. The summed E-state index contributed by atoms with van der Waals surface area (Å²) in [5.74, 6) is 2.22. The predicted octanol–water partition coefficient (Wildman–Crippen LogP) is 3.07. The molecule has 1 aliphatic heterocycles. The average molecular weight is 243 g/mol. The van der Waals surface area contributed by atoms with Gasteiger partial charge in [-0.15, -0.1) is 0 Å². The topological polar surface area (TPSA) is 16.1 Å². The van der Waals surface area contributed by atoms with Crippen LogP contribution in [-0.4, -0.2) is 28.6 Å². The largest absolute Gasteiger partial charge is 0.352 e. The number of hydrogen-bond donors (Lipinski definition) is 0. The van der Waals surface area contributed by atoms with E-state index in [9.17, 15) is 0 Å². The van der Waals surface area contributed by atoms with Crippen molar-refractivity contribution in [3.05, 3.63) is 23.4 Å². The van der Waals surface area contributed by atoms with Gasteiger partial charge in [-0.2, -0.15) is 11.8 Å². The number of nitrogens with zero attached hydrogens (tertiary/aromatic N) is 2. The standard InChI is InChI=1S/C11H15ClN2S/c1-8-9(2)15-6-5-14(8)11-4-3-10(12)7-13-11/h3-4,7-9H,5-6H2,1-2H3. The van der Waals surface area contributed by atoms with Crippen molar-refractivity contribution < 1.29 is 0 Å². The van der Waals surface area contributed by atoms with Crippen molar-refractivity contribution >= 4 is 29.2 Å². The molecule has 2 heterocycles. The van der Waals surface area contributed by atoms with Crippen LogP contribution in [-0.2, 0) is 0 Å². The zero-order valence-electron chi connectivity index (χ0n) is 8.98. The molecule has 4 heteroatoms. The second-order valence-corrected chi connectivity index (χ2v) is 5.77. The molecule has 0 aliphatic carbocycles. The normalized spacial score (nSPS) is 26.7. The van der Waals surface area contributed by atoms with Crippen molar-refractivity contribution in [1.82, 2.24) is 4.98 Å². The third kappa shape index (κ3) is 2.40. The Labute approximate surface area is 100 Å². The average Bonchev–Trinajstić information content (AvgIpc) is 2.24. The molecule has 15 heavy (non-hydrogen) atoms. The van der Waals surface area contributed by atoms with E-state index in [1.54, 1.807) is 6.20 Å². The first-order valence-corrected chi connectivity index (χ1v) is 6.61. The van der Waals surface area contributed by atoms with Crippen LogP contribution >= 0.6 is 23.4 Å². The summed E-state index contributed by atoms with van der Waals surface area (Å²) in [6, 6.07) is 4.45. The Morgan fingerprint density at radius 3 is 2.93 bits per heavy atom. The van der Waals surface area contributed by atoms with Gasteiger partial charge < -0.3 is 4.90 Å². The highest BCUT2D eigenvalue weighted by Gasteiger charge is 2.25. The number of aromatic nitrogens is 1. The van der Waals surface area contributed by atoms with E-state index >= 15 is 0 Å². The smallest absolute Gasteiger partial charge is 0.128 e. The van der Waals surface area contributed by atoms with Crippen LogP contribution in [0.1, 0.15) is 13.8 Å². The molecule has 2 nitrogen and oxygen atoms in total. The number of rotatable bonds is 1. The molecule has 2 rings (SSSR count). The number of hydrogen-bond acceptors (Lipinski definition) is 3. The maximum Gasteiger partial charge on any atom is 0.128 e. The molecule has 0 bridgehead atoms. The Bertz CT molecular complexity index is 328. The van der Waals surface area contributed by atoms with E-state index in [1.807, 2.05) is 23.9 Å². The molecular weight excluding hydrogens is 228 g/mol. The molecule has 0 radical (unpaired) electrons. The van der Waals surface area contributed by atoms with E-state index in [0.717, 1.165) is 12.4 Å². The van der Waals surface area contributed by atoms with Crippen molar-refractivity contribution in [3.63, 3.8) is 0 Å². The second-order valence-electron chi connectivity index (χ2n) is 3.84. The lowest BCUT2D eigenvalue weighted by molar-refractivity contribution is 0.620. The fourth-order valence-electron chi connectivity index (χ4n) is 1.79. The van der Waals surface area contributed by atoms with Crippen LogP contribution < -0.4 is 4.90 Å². The SMILES string of the molecule is CC1SCCN(c2ccc(Cl)cn2)C1C. The summed E-state index contributed by atoms with van der Waals surface area (Å²) < 4.78 is 0. The van der Waals surface area contributed by atoms with Gasteiger partial charge in [-0.1, -0.05) is 18.5 Å². The molecule has 0 N–H and O–H groups in total. The molecule has 2 unspecified atom stereocenters. The monoisotopic (exact) mass is 242 g/mol. The Kier molecular flexibility index (Phi) is 3.42. The lowest BCUT2D eigenvalue weighted by Crippen LogP contribution is -2.45. The van der Waals surface area contributed by atoms with Gasteiger partial charge in [-0.05, 0) is 19.1 Å². The fraction of sp³-hybridized carbons (Fsp3) is 0.545. The van der Waals surface area contributed by atoms with Crippen LogP contribution in [0.5, 0.6) is 0 Å². The van der Waals surface area contributed by atoms with Gasteiger partial charge >= 0.3 is 0 Å². The summed E-state index contributed by atoms with van der Waals surface area (Å²) in [5.41, 5.74) is 0. The second kappa shape index (κ2) is 4.62. The molecule has 0 saturated carbocycles. The molecule has 1 aliphatic rings. The number of thioether (sulfide) groups is 1. The highest BCUT2D eigenvalue weighted by atomic mass is 35.5. The maximum absolute atomic E-state index is 5.83. The number of anilines is 1. The minimum absolute atomic E-state index is 0.539. The first-order chi connectivity index (χ1) is 7.18. The zero-order valence-corrected chi connectivity index (χ0v) is 10.6. The van der Waals surface area contributed by atoms with Gasteiger partial charge in [0.2, 0.25) is 0 Å². The van der Waals surface area contributed by atoms with Crippen molar-refractivity contribution in [2.75, 3.05) is 17.2 Å². The molecule has 0 aromatic carbocycles. The molecule has 1 saturated heterocycles. The van der Waals surface area contributed by atoms with Crippen molar-refractivity contribution in [1.29, 1.82) is 0 Å². The van der Waals surface area contributed by atoms with Gasteiger partial charge in [0.1, 0.15) is 5.82 Å². The van der Waals surface area contributed by atoms with Gasteiger partial charge in [-0.25, -0.2) is 4.98 Å². The predicted molar refractivity (Wildman–Crippen MR) is 68.0 cm³/mol. The Hall–Kier alpha value is -0.410. The molecule has 1 aromatic heterocycles. The first kappa shape index (κ1) is 11.1. The summed E-state index contributed by atoms with van der Waals surface area (Å²) in [4.78, 5) is 6.73. The minimum Gasteiger partial charge on any atom is -0.352 e. The fourth-order valence-corrected chi connectivity index (χ4v) is 3.01. The lowest BCUT2D eigenvalue weighted by Gasteiger charge is -2.38. The third-order valence-corrected chi connectivity index (χ3v) is 4.45. The summed E-state index contributed by atoms with van der Waals surface area (Å²) in [6.07, 6.45) is 1.72. The van der Waals surface area contributed by atoms with E-state index in [2.05, 4.69) is 23.7 Å². The minimum atomic E-state index is 0.539. The molecular formula is C11H15ClN2S. The van der Waals surface area contributed by atoms with Crippen molar-refractivity contribution in [3.8, 4) is 0 Å². The lowest BCUT2D eigenvalue weighted by atomic mass is 10.2. The molecule has 1 aromatic rings. The molecule has 82 valence electrons. The summed E-state index contributed by atoms with van der Waals surface area (Å²) >= 11 is 7.86.